The number of rotatable bonds is 5. The van der Waals surface area contributed by atoms with E-state index in [0.717, 1.165) is 19.4 Å². The van der Waals surface area contributed by atoms with Crippen molar-refractivity contribution >= 4 is 11.9 Å². The van der Waals surface area contributed by atoms with Crippen molar-refractivity contribution in [3.63, 3.8) is 0 Å². The first-order chi connectivity index (χ1) is 6.02. The molecular formula is C8H19N4O+. The average Bonchev–Trinajstić information content (AvgIpc) is 1.96. The Kier molecular flexibility index (Phi) is 5.67. The molecule has 76 valence electrons. The van der Waals surface area contributed by atoms with Crippen molar-refractivity contribution in [1.29, 1.82) is 0 Å². The van der Waals surface area contributed by atoms with Crippen molar-refractivity contribution in [2.45, 2.75) is 32.7 Å². The highest BCUT2D eigenvalue weighted by Crippen LogP contribution is 1.92. The predicted molar refractivity (Wildman–Crippen MR) is 51.7 cm³/mol. The molecule has 0 bridgehead atoms. The fraction of sp³-hybridized carbons (Fsp3) is 0.750. The first-order valence-corrected chi connectivity index (χ1v) is 4.41. The zero-order valence-corrected chi connectivity index (χ0v) is 8.26. The summed E-state index contributed by atoms with van der Waals surface area (Å²) in [5, 5.41) is 2.79. The number of nitrogens with two attached hydrogens (primary N) is 2. The van der Waals surface area contributed by atoms with E-state index < -0.39 is 0 Å². The maximum atomic E-state index is 10.6. The topological polar surface area (TPSA) is 95.1 Å². The normalized spacial score (nSPS) is 11.8. The highest BCUT2D eigenvalue weighted by atomic mass is 16.1. The molecule has 0 fully saturated rings. The van der Waals surface area contributed by atoms with E-state index in [2.05, 4.69) is 10.3 Å². The lowest BCUT2D eigenvalue weighted by molar-refractivity contribution is -0.459. The van der Waals surface area contributed by atoms with Gasteiger partial charge in [0.15, 0.2) is 0 Å². The van der Waals surface area contributed by atoms with Crippen LogP contribution in [0.3, 0.4) is 0 Å². The number of hydrogen-bond acceptors (Lipinski definition) is 1. The Morgan fingerprint density at radius 1 is 1.54 bits per heavy atom. The molecule has 0 saturated heterocycles. The molecule has 0 aliphatic carbocycles. The maximum absolute atomic E-state index is 10.6. The molecule has 0 spiro atoms. The summed E-state index contributed by atoms with van der Waals surface area (Å²) in [4.78, 5) is 13.4. The molecule has 0 radical (unpaired) electrons. The van der Waals surface area contributed by atoms with Gasteiger partial charge in [-0.2, -0.15) is 0 Å². The second kappa shape index (κ2) is 6.28. The lowest BCUT2D eigenvalue weighted by Gasteiger charge is -2.10. The summed E-state index contributed by atoms with van der Waals surface area (Å²) in [6, 6.07) is 0.207. The van der Waals surface area contributed by atoms with E-state index in [1.54, 1.807) is 0 Å². The summed E-state index contributed by atoms with van der Waals surface area (Å²) in [5.74, 6) is 0.248. The number of hydrogen-bond donors (Lipinski definition) is 4. The van der Waals surface area contributed by atoms with Crippen LogP contribution in [0.4, 0.5) is 0 Å². The molecule has 6 N–H and O–H groups in total. The van der Waals surface area contributed by atoms with E-state index in [0.29, 0.717) is 0 Å². The van der Waals surface area contributed by atoms with Crippen molar-refractivity contribution in [2.24, 2.45) is 11.5 Å². The van der Waals surface area contributed by atoms with E-state index in [-0.39, 0.29) is 17.9 Å². The molecule has 0 aliphatic rings. The fourth-order valence-electron chi connectivity index (χ4n) is 1.06. The first-order valence-electron chi connectivity index (χ1n) is 4.41. The molecule has 0 aliphatic heterocycles. The van der Waals surface area contributed by atoms with E-state index in [4.69, 9.17) is 11.5 Å². The van der Waals surface area contributed by atoms with Gasteiger partial charge in [-0.15, -0.1) is 0 Å². The molecule has 1 atom stereocenters. The first kappa shape index (κ1) is 11.7. The van der Waals surface area contributed by atoms with Gasteiger partial charge < -0.3 is 5.32 Å². The number of carbonyl (C=O) groups excluding carboxylic acids is 1. The molecule has 0 aromatic rings. The van der Waals surface area contributed by atoms with Crippen LogP contribution in [0, 0.1) is 0 Å². The molecule has 0 heterocycles. The SMILES string of the molecule is CC(=O)N[C@H](C)CCC[NH+]=C(N)N. The minimum atomic E-state index is 0.00496. The standard InChI is InChI=1S/C8H18N4O/c1-6(12-7(2)13)4-3-5-11-8(9)10/h6H,3-5H2,1-2H3,(H,12,13)(H4,9,10,11)/p+1/t6-/m1/s1. The van der Waals surface area contributed by atoms with Crippen LogP contribution in [0.15, 0.2) is 0 Å². The summed E-state index contributed by atoms with van der Waals surface area (Å²) in [5.41, 5.74) is 10.4. The lowest BCUT2D eigenvalue weighted by Crippen LogP contribution is -2.78. The minimum Gasteiger partial charge on any atom is -0.354 e. The smallest absolute Gasteiger partial charge is 0.338 e. The summed E-state index contributed by atoms with van der Waals surface area (Å²) < 4.78 is 0. The van der Waals surface area contributed by atoms with Crippen LogP contribution >= 0.6 is 0 Å². The van der Waals surface area contributed by atoms with Gasteiger partial charge >= 0.3 is 5.96 Å². The van der Waals surface area contributed by atoms with E-state index in [1.165, 1.54) is 6.92 Å². The van der Waals surface area contributed by atoms with Crippen LogP contribution in [0.2, 0.25) is 0 Å². The Labute approximate surface area is 78.6 Å². The van der Waals surface area contributed by atoms with Gasteiger partial charge in [0.25, 0.3) is 0 Å². The van der Waals surface area contributed by atoms with Gasteiger partial charge in [-0.25, -0.2) is 0 Å². The van der Waals surface area contributed by atoms with Gasteiger partial charge in [-0.05, 0) is 19.8 Å². The summed E-state index contributed by atoms with van der Waals surface area (Å²) in [6.07, 6.45) is 1.85. The quantitative estimate of drug-likeness (QED) is 0.220. The molecule has 5 nitrogen and oxygen atoms in total. The molecule has 0 aromatic heterocycles. The molecular weight excluding hydrogens is 168 g/mol. The summed E-state index contributed by atoms with van der Waals surface area (Å²) >= 11 is 0. The number of amides is 1. The summed E-state index contributed by atoms with van der Waals surface area (Å²) in [7, 11) is 0. The average molecular weight is 187 g/mol. The molecule has 13 heavy (non-hydrogen) atoms. The van der Waals surface area contributed by atoms with Gasteiger partial charge in [0.1, 0.15) is 0 Å². The van der Waals surface area contributed by atoms with Crippen molar-refractivity contribution in [3.8, 4) is 0 Å². The van der Waals surface area contributed by atoms with Crippen LogP contribution in [0.25, 0.3) is 0 Å². The van der Waals surface area contributed by atoms with Crippen LogP contribution < -0.4 is 21.8 Å². The van der Waals surface area contributed by atoms with Gasteiger partial charge in [-0.1, -0.05) is 0 Å². The van der Waals surface area contributed by atoms with Crippen LogP contribution in [0.5, 0.6) is 0 Å². The van der Waals surface area contributed by atoms with Crippen molar-refractivity contribution in [2.75, 3.05) is 6.54 Å². The second-order valence-corrected chi connectivity index (χ2v) is 3.13. The monoisotopic (exact) mass is 187 g/mol. The third-order valence-corrected chi connectivity index (χ3v) is 1.59. The third-order valence-electron chi connectivity index (χ3n) is 1.59. The molecule has 0 aromatic carbocycles. The summed E-state index contributed by atoms with van der Waals surface area (Å²) in [6.45, 7) is 4.23. The van der Waals surface area contributed by atoms with E-state index in [9.17, 15) is 4.79 Å². The Bertz CT molecular complexity index is 187. The largest absolute Gasteiger partial charge is 0.354 e. The Morgan fingerprint density at radius 2 is 2.15 bits per heavy atom. The zero-order chi connectivity index (χ0) is 10.3. The molecule has 5 heteroatoms. The van der Waals surface area contributed by atoms with Gasteiger partial charge in [0.05, 0.1) is 6.54 Å². The fourth-order valence-corrected chi connectivity index (χ4v) is 1.06. The molecule has 0 saturated carbocycles. The van der Waals surface area contributed by atoms with Gasteiger partial charge in [0.2, 0.25) is 5.91 Å². The number of carbonyl (C=O) groups is 1. The van der Waals surface area contributed by atoms with Crippen molar-refractivity contribution in [3.05, 3.63) is 0 Å². The van der Waals surface area contributed by atoms with Crippen LogP contribution in [-0.4, -0.2) is 24.5 Å². The second-order valence-electron chi connectivity index (χ2n) is 3.13. The highest BCUT2D eigenvalue weighted by molar-refractivity contribution is 5.73. The molecule has 0 rings (SSSR count). The zero-order valence-electron chi connectivity index (χ0n) is 8.26. The Morgan fingerprint density at radius 3 is 2.62 bits per heavy atom. The van der Waals surface area contributed by atoms with Crippen molar-refractivity contribution < 1.29 is 9.79 Å². The van der Waals surface area contributed by atoms with E-state index >= 15 is 0 Å². The molecule has 0 unspecified atom stereocenters. The molecule has 1 amide bonds. The Hall–Kier alpha value is -1.26. The number of guanidine groups is 1. The van der Waals surface area contributed by atoms with Crippen LogP contribution in [-0.2, 0) is 4.79 Å². The van der Waals surface area contributed by atoms with Gasteiger partial charge in [0, 0.05) is 13.0 Å². The Balaban J connectivity index is 3.42. The third kappa shape index (κ3) is 8.65. The maximum Gasteiger partial charge on any atom is 0.338 e. The number of nitrogens with one attached hydrogen (secondary N) is 2. The minimum absolute atomic E-state index is 0.00496. The lowest BCUT2D eigenvalue weighted by atomic mass is 10.2. The van der Waals surface area contributed by atoms with Crippen molar-refractivity contribution in [1.82, 2.24) is 5.32 Å². The van der Waals surface area contributed by atoms with E-state index in [1.807, 2.05) is 6.92 Å². The van der Waals surface area contributed by atoms with Gasteiger partial charge in [-0.3, -0.25) is 21.3 Å². The van der Waals surface area contributed by atoms with Crippen LogP contribution in [0.1, 0.15) is 26.7 Å². The highest BCUT2D eigenvalue weighted by Gasteiger charge is 2.01. The predicted octanol–water partition coefficient (Wildman–Crippen LogP) is -2.35.